The average molecular weight is 164 g/mol. The number of rotatable bonds is 0. The van der Waals surface area contributed by atoms with Gasteiger partial charge in [-0.15, -0.1) is 0 Å². The van der Waals surface area contributed by atoms with Gasteiger partial charge in [-0.3, -0.25) is 0 Å². The Kier molecular flexibility index (Phi) is 1.81. The van der Waals surface area contributed by atoms with Gasteiger partial charge in [0.15, 0.2) is 5.69 Å². The Morgan fingerprint density at radius 2 is 2.17 bits per heavy atom. The van der Waals surface area contributed by atoms with Gasteiger partial charge in [0, 0.05) is 6.07 Å². The Morgan fingerprint density at radius 1 is 1.58 bits per heavy atom. The maximum absolute atomic E-state index is 8.56. The summed E-state index contributed by atoms with van der Waals surface area (Å²) in [5.41, 5.74) is 5.85. The molecule has 0 fully saturated rings. The third-order valence-corrected chi connectivity index (χ3v) is 1.49. The molecule has 0 radical (unpaired) electrons. The number of nitrogen functional groups attached to an aromatic ring is 1. The molecule has 0 atom stereocenters. The second-order valence-corrected chi connectivity index (χ2v) is 3.65. The molecule has 1 heterocycles. The Bertz CT molecular complexity index is 324. The summed E-state index contributed by atoms with van der Waals surface area (Å²) in [6.07, 6.45) is 0. The number of hydrogen-bond acceptors (Lipinski definition) is 3. The zero-order valence-electron chi connectivity index (χ0n) is 7.50. The lowest BCUT2D eigenvalue weighted by Crippen LogP contribution is -2.24. The molecule has 1 rings (SSSR count). The molecule has 0 unspecified atom stereocenters. The van der Waals surface area contributed by atoms with Crippen molar-refractivity contribution in [3.8, 4) is 6.07 Å². The van der Waals surface area contributed by atoms with E-state index in [1.54, 1.807) is 10.7 Å². The van der Waals surface area contributed by atoms with E-state index in [2.05, 4.69) is 5.10 Å². The molecule has 12 heavy (non-hydrogen) atoms. The third-order valence-electron chi connectivity index (χ3n) is 1.49. The summed E-state index contributed by atoms with van der Waals surface area (Å²) in [5.74, 6) is 0.527. The van der Waals surface area contributed by atoms with Crippen LogP contribution in [0.2, 0.25) is 0 Å². The maximum atomic E-state index is 8.56. The Labute approximate surface area is 71.6 Å². The topological polar surface area (TPSA) is 67.6 Å². The predicted molar refractivity (Wildman–Crippen MR) is 46.4 cm³/mol. The highest BCUT2D eigenvalue weighted by atomic mass is 15.3. The lowest BCUT2D eigenvalue weighted by atomic mass is 10.1. The molecule has 1 aromatic heterocycles. The van der Waals surface area contributed by atoms with Crippen LogP contribution in [0.3, 0.4) is 0 Å². The molecular weight excluding hydrogens is 152 g/mol. The minimum Gasteiger partial charge on any atom is -0.384 e. The molecule has 2 N–H and O–H groups in total. The van der Waals surface area contributed by atoms with Crippen molar-refractivity contribution in [1.82, 2.24) is 9.78 Å². The van der Waals surface area contributed by atoms with Crippen LogP contribution < -0.4 is 5.73 Å². The summed E-state index contributed by atoms with van der Waals surface area (Å²) in [7, 11) is 0. The standard InChI is InChI=1S/C8H12N4/c1-8(2,3)12-7(10)4-6(5-9)11-12/h4H,10H2,1-3H3. The lowest BCUT2D eigenvalue weighted by Gasteiger charge is -2.20. The molecule has 0 aliphatic heterocycles. The summed E-state index contributed by atoms with van der Waals surface area (Å²) in [5, 5.41) is 12.6. The molecule has 4 nitrogen and oxygen atoms in total. The molecule has 0 aromatic carbocycles. The number of anilines is 1. The minimum atomic E-state index is -0.167. The van der Waals surface area contributed by atoms with Gasteiger partial charge in [-0.05, 0) is 20.8 Å². The van der Waals surface area contributed by atoms with Crippen LogP contribution in [-0.2, 0) is 5.54 Å². The van der Waals surface area contributed by atoms with E-state index in [0.29, 0.717) is 11.5 Å². The highest BCUT2D eigenvalue weighted by Crippen LogP contribution is 2.18. The van der Waals surface area contributed by atoms with Crippen molar-refractivity contribution in [2.75, 3.05) is 5.73 Å². The van der Waals surface area contributed by atoms with Gasteiger partial charge >= 0.3 is 0 Å². The summed E-state index contributed by atoms with van der Waals surface area (Å²) in [6.45, 7) is 5.95. The quantitative estimate of drug-likeness (QED) is 0.624. The van der Waals surface area contributed by atoms with Gasteiger partial charge in [0.05, 0.1) is 5.54 Å². The zero-order chi connectivity index (χ0) is 9.35. The summed E-state index contributed by atoms with van der Waals surface area (Å²) in [6, 6.07) is 3.52. The smallest absolute Gasteiger partial charge is 0.164 e. The van der Waals surface area contributed by atoms with Crippen LogP contribution in [0.25, 0.3) is 0 Å². The van der Waals surface area contributed by atoms with Crippen molar-refractivity contribution in [1.29, 1.82) is 5.26 Å². The van der Waals surface area contributed by atoms with E-state index >= 15 is 0 Å². The van der Waals surface area contributed by atoms with Crippen LogP contribution >= 0.6 is 0 Å². The molecule has 0 amide bonds. The van der Waals surface area contributed by atoms with Gasteiger partial charge < -0.3 is 5.73 Å². The number of nitriles is 1. The van der Waals surface area contributed by atoms with Crippen molar-refractivity contribution in [3.63, 3.8) is 0 Å². The fourth-order valence-corrected chi connectivity index (χ4v) is 0.987. The molecule has 1 aromatic rings. The SMILES string of the molecule is CC(C)(C)n1nc(C#N)cc1N. The Morgan fingerprint density at radius 3 is 2.42 bits per heavy atom. The molecule has 0 aliphatic rings. The minimum absolute atomic E-state index is 0.167. The summed E-state index contributed by atoms with van der Waals surface area (Å²) >= 11 is 0. The van der Waals surface area contributed by atoms with Gasteiger partial charge in [0.2, 0.25) is 0 Å². The first-order valence-corrected chi connectivity index (χ1v) is 3.71. The lowest BCUT2D eigenvalue weighted by molar-refractivity contribution is 0.361. The first-order chi connectivity index (χ1) is 5.45. The zero-order valence-corrected chi connectivity index (χ0v) is 7.50. The molecule has 0 saturated heterocycles. The Balaban J connectivity index is 3.19. The predicted octanol–water partition coefficient (Wildman–Crippen LogP) is 1.09. The summed E-state index contributed by atoms with van der Waals surface area (Å²) < 4.78 is 1.64. The molecule has 0 bridgehead atoms. The van der Waals surface area contributed by atoms with Crippen LogP contribution in [0.1, 0.15) is 26.5 Å². The second-order valence-electron chi connectivity index (χ2n) is 3.65. The molecule has 0 saturated carbocycles. The van der Waals surface area contributed by atoms with E-state index in [1.165, 1.54) is 0 Å². The maximum Gasteiger partial charge on any atom is 0.164 e. The van der Waals surface area contributed by atoms with Gasteiger partial charge in [0.25, 0.3) is 0 Å². The Hall–Kier alpha value is -1.50. The van der Waals surface area contributed by atoms with E-state index in [4.69, 9.17) is 11.0 Å². The number of hydrogen-bond donors (Lipinski definition) is 1. The number of aromatic nitrogens is 2. The monoisotopic (exact) mass is 164 g/mol. The largest absolute Gasteiger partial charge is 0.384 e. The number of nitrogens with two attached hydrogens (primary N) is 1. The molecule has 0 spiro atoms. The average Bonchev–Trinajstić information content (AvgIpc) is 2.29. The van der Waals surface area contributed by atoms with E-state index in [1.807, 2.05) is 26.8 Å². The summed E-state index contributed by atoms with van der Waals surface area (Å²) in [4.78, 5) is 0. The van der Waals surface area contributed by atoms with Crippen molar-refractivity contribution in [3.05, 3.63) is 11.8 Å². The van der Waals surface area contributed by atoms with Crippen LogP contribution in [0.5, 0.6) is 0 Å². The van der Waals surface area contributed by atoms with E-state index in [9.17, 15) is 0 Å². The van der Waals surface area contributed by atoms with Crippen molar-refractivity contribution in [2.24, 2.45) is 0 Å². The van der Waals surface area contributed by atoms with Crippen molar-refractivity contribution >= 4 is 5.82 Å². The fourth-order valence-electron chi connectivity index (χ4n) is 0.987. The van der Waals surface area contributed by atoms with Crippen LogP contribution in [0.15, 0.2) is 6.07 Å². The van der Waals surface area contributed by atoms with Crippen LogP contribution in [0, 0.1) is 11.3 Å². The second kappa shape index (κ2) is 2.52. The van der Waals surface area contributed by atoms with Gasteiger partial charge in [-0.1, -0.05) is 0 Å². The van der Waals surface area contributed by atoms with Crippen LogP contribution in [-0.4, -0.2) is 9.78 Å². The van der Waals surface area contributed by atoms with Crippen molar-refractivity contribution < 1.29 is 0 Å². The van der Waals surface area contributed by atoms with Crippen LogP contribution in [0.4, 0.5) is 5.82 Å². The van der Waals surface area contributed by atoms with E-state index < -0.39 is 0 Å². The highest BCUT2D eigenvalue weighted by molar-refractivity contribution is 5.37. The van der Waals surface area contributed by atoms with Crippen molar-refractivity contribution in [2.45, 2.75) is 26.3 Å². The van der Waals surface area contributed by atoms with E-state index in [0.717, 1.165) is 0 Å². The number of nitrogens with zero attached hydrogens (tertiary/aromatic N) is 3. The fraction of sp³-hybridized carbons (Fsp3) is 0.500. The molecule has 0 aliphatic carbocycles. The molecule has 64 valence electrons. The van der Waals surface area contributed by atoms with Gasteiger partial charge in [-0.25, -0.2) is 4.68 Å². The van der Waals surface area contributed by atoms with Gasteiger partial charge in [0.1, 0.15) is 11.9 Å². The molecular formula is C8H12N4. The normalized spacial score (nSPS) is 11.2. The van der Waals surface area contributed by atoms with Gasteiger partial charge in [-0.2, -0.15) is 10.4 Å². The third kappa shape index (κ3) is 1.40. The molecule has 4 heteroatoms. The highest BCUT2D eigenvalue weighted by Gasteiger charge is 2.17. The first kappa shape index (κ1) is 8.60. The van der Waals surface area contributed by atoms with E-state index in [-0.39, 0.29) is 5.54 Å². The first-order valence-electron chi connectivity index (χ1n) is 3.71.